The van der Waals surface area contributed by atoms with E-state index < -0.39 is 0 Å². The van der Waals surface area contributed by atoms with E-state index in [-0.39, 0.29) is 0 Å². The minimum absolute atomic E-state index is 0.574. The van der Waals surface area contributed by atoms with Gasteiger partial charge in [-0.25, -0.2) is 0 Å². The second-order valence-electron chi connectivity index (χ2n) is 4.00. The standard InChI is InChI=1S/C15H11ClOS/c16-12-6-7-15-14(8-12)11(10-18-15)9-17-13-4-2-1-3-5-13/h1-8,10H,9H2. The van der Waals surface area contributed by atoms with Crippen molar-refractivity contribution in [3.8, 4) is 5.75 Å². The van der Waals surface area contributed by atoms with Gasteiger partial charge < -0.3 is 4.74 Å². The first-order valence-electron chi connectivity index (χ1n) is 5.66. The van der Waals surface area contributed by atoms with Crippen LogP contribution >= 0.6 is 22.9 Å². The predicted octanol–water partition coefficient (Wildman–Crippen LogP) is 5.13. The van der Waals surface area contributed by atoms with Crippen LogP contribution in [0.1, 0.15) is 5.56 Å². The number of hydrogen-bond acceptors (Lipinski definition) is 2. The summed E-state index contributed by atoms with van der Waals surface area (Å²) in [6.45, 7) is 0.574. The van der Waals surface area contributed by atoms with Crippen LogP contribution in [0.25, 0.3) is 10.1 Å². The van der Waals surface area contributed by atoms with E-state index in [1.807, 2.05) is 48.5 Å². The highest BCUT2D eigenvalue weighted by Crippen LogP contribution is 2.29. The third kappa shape index (κ3) is 2.35. The SMILES string of the molecule is Clc1ccc2scc(COc3ccccc3)c2c1. The number of thiophene rings is 1. The van der Waals surface area contributed by atoms with Gasteiger partial charge in [0.25, 0.3) is 0 Å². The highest BCUT2D eigenvalue weighted by Gasteiger charge is 2.05. The van der Waals surface area contributed by atoms with Crippen LogP contribution in [0.3, 0.4) is 0 Å². The van der Waals surface area contributed by atoms with Gasteiger partial charge in [-0.1, -0.05) is 29.8 Å². The Morgan fingerprint density at radius 1 is 1.06 bits per heavy atom. The Kier molecular flexibility index (Phi) is 3.22. The molecule has 1 heterocycles. The number of halogens is 1. The fraction of sp³-hybridized carbons (Fsp3) is 0.0667. The largest absolute Gasteiger partial charge is 0.489 e. The molecule has 0 atom stereocenters. The average Bonchev–Trinajstić information content (AvgIpc) is 2.80. The minimum atomic E-state index is 0.574. The molecule has 3 aromatic rings. The van der Waals surface area contributed by atoms with Crippen LogP contribution in [0.2, 0.25) is 5.02 Å². The van der Waals surface area contributed by atoms with Crippen molar-refractivity contribution >= 4 is 33.0 Å². The lowest BCUT2D eigenvalue weighted by atomic mass is 10.2. The molecule has 0 amide bonds. The maximum absolute atomic E-state index is 6.03. The molecule has 0 bridgehead atoms. The van der Waals surface area contributed by atoms with E-state index in [0.717, 1.165) is 10.8 Å². The summed E-state index contributed by atoms with van der Waals surface area (Å²) in [5.41, 5.74) is 1.18. The summed E-state index contributed by atoms with van der Waals surface area (Å²) < 4.78 is 7.00. The lowest BCUT2D eigenvalue weighted by Gasteiger charge is -2.05. The molecule has 0 fully saturated rings. The molecule has 2 aromatic carbocycles. The summed E-state index contributed by atoms with van der Waals surface area (Å²) in [6, 6.07) is 15.8. The van der Waals surface area contributed by atoms with Crippen molar-refractivity contribution in [1.29, 1.82) is 0 Å². The zero-order chi connectivity index (χ0) is 12.4. The lowest BCUT2D eigenvalue weighted by molar-refractivity contribution is 0.308. The van der Waals surface area contributed by atoms with E-state index >= 15 is 0 Å². The summed E-state index contributed by atoms with van der Waals surface area (Å²) in [7, 11) is 0. The zero-order valence-electron chi connectivity index (χ0n) is 9.60. The van der Waals surface area contributed by atoms with Gasteiger partial charge in [-0.2, -0.15) is 0 Å². The van der Waals surface area contributed by atoms with Crippen LogP contribution < -0.4 is 4.74 Å². The predicted molar refractivity (Wildman–Crippen MR) is 77.6 cm³/mol. The second kappa shape index (κ2) is 5.01. The summed E-state index contributed by atoms with van der Waals surface area (Å²) in [4.78, 5) is 0. The molecule has 3 heteroatoms. The molecule has 1 aromatic heterocycles. The Bertz CT molecular complexity index is 661. The number of benzene rings is 2. The third-order valence-corrected chi connectivity index (χ3v) is 4.00. The molecule has 0 N–H and O–H groups in total. The Balaban J connectivity index is 1.85. The Morgan fingerprint density at radius 3 is 2.72 bits per heavy atom. The number of para-hydroxylation sites is 1. The van der Waals surface area contributed by atoms with E-state index in [1.165, 1.54) is 15.6 Å². The van der Waals surface area contributed by atoms with Gasteiger partial charge in [-0.05, 0) is 35.7 Å². The zero-order valence-corrected chi connectivity index (χ0v) is 11.2. The first-order chi connectivity index (χ1) is 8.83. The number of hydrogen-bond donors (Lipinski definition) is 0. The molecular weight excluding hydrogens is 264 g/mol. The molecule has 18 heavy (non-hydrogen) atoms. The molecule has 0 unspecified atom stereocenters. The van der Waals surface area contributed by atoms with Gasteiger partial charge in [0.2, 0.25) is 0 Å². The highest BCUT2D eigenvalue weighted by molar-refractivity contribution is 7.17. The van der Waals surface area contributed by atoms with E-state index in [0.29, 0.717) is 6.61 Å². The summed E-state index contributed by atoms with van der Waals surface area (Å²) in [5.74, 6) is 0.888. The van der Waals surface area contributed by atoms with Crippen molar-refractivity contribution in [2.75, 3.05) is 0 Å². The minimum Gasteiger partial charge on any atom is -0.489 e. The van der Waals surface area contributed by atoms with E-state index in [2.05, 4.69) is 5.38 Å². The third-order valence-electron chi connectivity index (χ3n) is 2.75. The van der Waals surface area contributed by atoms with E-state index in [4.69, 9.17) is 16.3 Å². The van der Waals surface area contributed by atoms with Crippen molar-refractivity contribution in [3.63, 3.8) is 0 Å². The van der Waals surface area contributed by atoms with Gasteiger partial charge in [0, 0.05) is 20.7 Å². The van der Waals surface area contributed by atoms with Gasteiger partial charge in [0.15, 0.2) is 0 Å². The average molecular weight is 275 g/mol. The number of fused-ring (bicyclic) bond motifs is 1. The van der Waals surface area contributed by atoms with Gasteiger partial charge in [0.05, 0.1) is 0 Å². The Morgan fingerprint density at radius 2 is 1.89 bits per heavy atom. The van der Waals surface area contributed by atoms with E-state index in [1.54, 1.807) is 11.3 Å². The van der Waals surface area contributed by atoms with Crippen molar-refractivity contribution in [1.82, 2.24) is 0 Å². The van der Waals surface area contributed by atoms with E-state index in [9.17, 15) is 0 Å². The maximum atomic E-state index is 6.03. The van der Waals surface area contributed by atoms with Crippen LogP contribution in [0.5, 0.6) is 5.75 Å². The fourth-order valence-corrected chi connectivity index (χ4v) is 2.94. The molecule has 0 saturated carbocycles. The molecular formula is C15H11ClOS. The first-order valence-corrected chi connectivity index (χ1v) is 6.92. The lowest BCUT2D eigenvalue weighted by Crippen LogP contribution is -1.93. The van der Waals surface area contributed by atoms with Gasteiger partial charge in [-0.15, -0.1) is 11.3 Å². The second-order valence-corrected chi connectivity index (χ2v) is 5.35. The topological polar surface area (TPSA) is 9.23 Å². The molecule has 90 valence electrons. The van der Waals surface area contributed by atoms with Crippen LogP contribution in [0.15, 0.2) is 53.9 Å². The molecule has 0 aliphatic heterocycles. The fourth-order valence-electron chi connectivity index (χ4n) is 1.84. The van der Waals surface area contributed by atoms with Gasteiger partial charge >= 0.3 is 0 Å². The molecule has 0 saturated heterocycles. The summed E-state index contributed by atoms with van der Waals surface area (Å²) in [5, 5.41) is 4.08. The van der Waals surface area contributed by atoms with Gasteiger partial charge in [0.1, 0.15) is 12.4 Å². The number of ether oxygens (including phenoxy) is 1. The molecule has 0 aliphatic carbocycles. The van der Waals surface area contributed by atoms with Crippen molar-refractivity contribution in [2.45, 2.75) is 6.61 Å². The van der Waals surface area contributed by atoms with Crippen molar-refractivity contribution < 1.29 is 4.74 Å². The quantitative estimate of drug-likeness (QED) is 0.643. The maximum Gasteiger partial charge on any atom is 0.119 e. The monoisotopic (exact) mass is 274 g/mol. The Hall–Kier alpha value is -1.51. The van der Waals surface area contributed by atoms with Crippen LogP contribution in [-0.2, 0) is 6.61 Å². The van der Waals surface area contributed by atoms with Crippen molar-refractivity contribution in [3.05, 3.63) is 64.5 Å². The van der Waals surface area contributed by atoms with Crippen LogP contribution in [-0.4, -0.2) is 0 Å². The molecule has 1 nitrogen and oxygen atoms in total. The summed E-state index contributed by atoms with van der Waals surface area (Å²) in [6.07, 6.45) is 0. The van der Waals surface area contributed by atoms with Gasteiger partial charge in [-0.3, -0.25) is 0 Å². The van der Waals surface area contributed by atoms with Crippen LogP contribution in [0, 0.1) is 0 Å². The molecule has 0 radical (unpaired) electrons. The molecule has 0 aliphatic rings. The normalized spacial score (nSPS) is 10.7. The van der Waals surface area contributed by atoms with Crippen molar-refractivity contribution in [2.24, 2.45) is 0 Å². The molecule has 3 rings (SSSR count). The highest BCUT2D eigenvalue weighted by atomic mass is 35.5. The summed E-state index contributed by atoms with van der Waals surface area (Å²) >= 11 is 7.75. The molecule has 0 spiro atoms. The Labute approximate surface area is 115 Å². The number of rotatable bonds is 3. The first kappa shape index (κ1) is 11.6. The van der Waals surface area contributed by atoms with Crippen LogP contribution in [0.4, 0.5) is 0 Å². The smallest absolute Gasteiger partial charge is 0.119 e.